The van der Waals surface area contributed by atoms with Crippen LogP contribution in [0, 0.1) is 11.3 Å². The second-order valence-electron chi connectivity index (χ2n) is 5.82. The van der Waals surface area contributed by atoms with E-state index in [1.165, 1.54) is 12.8 Å². The van der Waals surface area contributed by atoms with Crippen LogP contribution in [0.15, 0.2) is 0 Å². The Kier molecular flexibility index (Phi) is 6.46. The molecule has 2 heteroatoms. The first-order chi connectivity index (χ1) is 6.82. The summed E-state index contributed by atoms with van der Waals surface area (Å²) in [5.74, 6) is 0.694. The van der Waals surface area contributed by atoms with Gasteiger partial charge in [0.25, 0.3) is 0 Å². The summed E-state index contributed by atoms with van der Waals surface area (Å²) < 4.78 is 0. The molecule has 0 aromatic rings. The molecular weight excluding hydrogens is 184 g/mol. The van der Waals surface area contributed by atoms with Gasteiger partial charge in [0.05, 0.1) is 0 Å². The fourth-order valence-electron chi connectivity index (χ4n) is 1.73. The van der Waals surface area contributed by atoms with Crippen LogP contribution < -0.4 is 5.73 Å². The zero-order valence-electron chi connectivity index (χ0n) is 11.5. The Morgan fingerprint density at radius 2 is 1.80 bits per heavy atom. The van der Waals surface area contributed by atoms with E-state index in [4.69, 9.17) is 5.73 Å². The van der Waals surface area contributed by atoms with E-state index in [1.807, 2.05) is 0 Å². The van der Waals surface area contributed by atoms with E-state index in [-0.39, 0.29) is 0 Å². The van der Waals surface area contributed by atoms with Crippen LogP contribution in [0.1, 0.15) is 47.5 Å². The SMILES string of the molecule is CCC(CN)CCN(C)C(C)C(C)(C)C. The molecule has 0 aromatic heterocycles. The second-order valence-corrected chi connectivity index (χ2v) is 5.82. The molecule has 0 saturated heterocycles. The van der Waals surface area contributed by atoms with E-state index in [0.717, 1.165) is 13.1 Å². The molecule has 2 N–H and O–H groups in total. The lowest BCUT2D eigenvalue weighted by molar-refractivity contribution is 0.133. The first kappa shape index (κ1) is 14.9. The van der Waals surface area contributed by atoms with Crippen LogP contribution in [0.3, 0.4) is 0 Å². The minimum Gasteiger partial charge on any atom is -0.330 e. The van der Waals surface area contributed by atoms with Crippen LogP contribution in [0.2, 0.25) is 0 Å². The summed E-state index contributed by atoms with van der Waals surface area (Å²) in [7, 11) is 2.22. The molecule has 0 spiro atoms. The summed E-state index contributed by atoms with van der Waals surface area (Å²) in [5.41, 5.74) is 6.07. The van der Waals surface area contributed by atoms with Gasteiger partial charge in [0.15, 0.2) is 0 Å². The van der Waals surface area contributed by atoms with Gasteiger partial charge in [-0.25, -0.2) is 0 Å². The second kappa shape index (κ2) is 6.49. The first-order valence-corrected chi connectivity index (χ1v) is 6.23. The molecule has 0 aromatic carbocycles. The summed E-state index contributed by atoms with van der Waals surface area (Å²) in [4.78, 5) is 2.46. The summed E-state index contributed by atoms with van der Waals surface area (Å²) in [6.07, 6.45) is 2.43. The number of hydrogen-bond acceptors (Lipinski definition) is 2. The highest BCUT2D eigenvalue weighted by Gasteiger charge is 2.23. The highest BCUT2D eigenvalue weighted by molar-refractivity contribution is 4.77. The van der Waals surface area contributed by atoms with Crippen molar-refractivity contribution < 1.29 is 0 Å². The molecule has 0 rings (SSSR count). The van der Waals surface area contributed by atoms with Crippen molar-refractivity contribution in [1.29, 1.82) is 0 Å². The van der Waals surface area contributed by atoms with Gasteiger partial charge in [0.2, 0.25) is 0 Å². The highest BCUT2D eigenvalue weighted by atomic mass is 15.1. The maximum atomic E-state index is 5.71. The van der Waals surface area contributed by atoms with E-state index in [0.29, 0.717) is 17.4 Å². The number of hydrogen-bond donors (Lipinski definition) is 1. The molecule has 0 bridgehead atoms. The van der Waals surface area contributed by atoms with Crippen molar-refractivity contribution in [3.05, 3.63) is 0 Å². The number of nitrogens with two attached hydrogens (primary N) is 1. The Labute approximate surface area is 96.2 Å². The Morgan fingerprint density at radius 3 is 2.13 bits per heavy atom. The molecule has 0 aliphatic rings. The molecule has 2 atom stereocenters. The van der Waals surface area contributed by atoms with Gasteiger partial charge in [0, 0.05) is 6.04 Å². The largest absolute Gasteiger partial charge is 0.330 e. The summed E-state index contributed by atoms with van der Waals surface area (Å²) in [6.45, 7) is 13.4. The Bertz CT molecular complexity index is 156. The standard InChI is InChI=1S/C13H30N2/c1-7-12(10-14)8-9-15(6)11(2)13(3,4)5/h11-12H,7-10,14H2,1-6H3. The Morgan fingerprint density at radius 1 is 1.27 bits per heavy atom. The minimum absolute atomic E-state index is 0.360. The molecule has 0 amide bonds. The average Bonchev–Trinajstić information content (AvgIpc) is 2.16. The van der Waals surface area contributed by atoms with Crippen LogP contribution in [0.5, 0.6) is 0 Å². The minimum atomic E-state index is 0.360. The van der Waals surface area contributed by atoms with E-state index >= 15 is 0 Å². The fraction of sp³-hybridized carbons (Fsp3) is 1.00. The molecule has 0 fully saturated rings. The zero-order chi connectivity index (χ0) is 12.1. The van der Waals surface area contributed by atoms with E-state index in [2.05, 4.69) is 46.6 Å². The molecule has 0 aliphatic carbocycles. The fourth-order valence-corrected chi connectivity index (χ4v) is 1.73. The van der Waals surface area contributed by atoms with Crippen molar-refractivity contribution in [3.8, 4) is 0 Å². The van der Waals surface area contributed by atoms with Crippen molar-refractivity contribution in [2.24, 2.45) is 17.1 Å². The van der Waals surface area contributed by atoms with Gasteiger partial charge in [-0.1, -0.05) is 34.1 Å². The van der Waals surface area contributed by atoms with Crippen molar-refractivity contribution >= 4 is 0 Å². The predicted molar refractivity (Wildman–Crippen MR) is 69.0 cm³/mol. The van der Waals surface area contributed by atoms with E-state index in [9.17, 15) is 0 Å². The molecule has 15 heavy (non-hydrogen) atoms. The van der Waals surface area contributed by atoms with Crippen LogP contribution >= 0.6 is 0 Å². The summed E-state index contributed by atoms with van der Waals surface area (Å²) >= 11 is 0. The average molecular weight is 214 g/mol. The van der Waals surface area contributed by atoms with Crippen molar-refractivity contribution in [2.45, 2.75) is 53.5 Å². The Hall–Kier alpha value is -0.0800. The normalized spacial score (nSPS) is 16.8. The molecule has 0 radical (unpaired) electrons. The number of rotatable bonds is 6. The third kappa shape index (κ3) is 5.53. The molecule has 0 heterocycles. The van der Waals surface area contributed by atoms with E-state index in [1.54, 1.807) is 0 Å². The van der Waals surface area contributed by atoms with Crippen LogP contribution in [-0.4, -0.2) is 31.1 Å². The van der Waals surface area contributed by atoms with Crippen molar-refractivity contribution in [1.82, 2.24) is 4.90 Å². The molecule has 0 aliphatic heterocycles. The van der Waals surface area contributed by atoms with Crippen molar-refractivity contribution in [2.75, 3.05) is 20.1 Å². The lowest BCUT2D eigenvalue weighted by Crippen LogP contribution is -2.40. The lowest BCUT2D eigenvalue weighted by Gasteiger charge is -2.36. The summed E-state index contributed by atoms with van der Waals surface area (Å²) in [6, 6.07) is 0.618. The van der Waals surface area contributed by atoms with Gasteiger partial charge in [-0.3, -0.25) is 0 Å². The monoisotopic (exact) mass is 214 g/mol. The lowest BCUT2D eigenvalue weighted by atomic mass is 9.87. The van der Waals surface area contributed by atoms with E-state index < -0.39 is 0 Å². The van der Waals surface area contributed by atoms with Gasteiger partial charge in [-0.05, 0) is 44.8 Å². The summed E-state index contributed by atoms with van der Waals surface area (Å²) in [5, 5.41) is 0. The Balaban J connectivity index is 3.97. The van der Waals surface area contributed by atoms with Crippen molar-refractivity contribution in [3.63, 3.8) is 0 Å². The molecule has 2 unspecified atom stereocenters. The molecular formula is C13H30N2. The first-order valence-electron chi connectivity index (χ1n) is 6.23. The van der Waals surface area contributed by atoms with Gasteiger partial charge in [-0.2, -0.15) is 0 Å². The topological polar surface area (TPSA) is 29.3 Å². The maximum absolute atomic E-state index is 5.71. The smallest absolute Gasteiger partial charge is 0.0112 e. The van der Waals surface area contributed by atoms with Gasteiger partial charge in [-0.15, -0.1) is 0 Å². The molecule has 2 nitrogen and oxygen atoms in total. The van der Waals surface area contributed by atoms with Crippen LogP contribution in [0.4, 0.5) is 0 Å². The maximum Gasteiger partial charge on any atom is 0.0112 e. The van der Waals surface area contributed by atoms with Gasteiger partial charge < -0.3 is 10.6 Å². The van der Waals surface area contributed by atoms with Crippen LogP contribution in [-0.2, 0) is 0 Å². The highest BCUT2D eigenvalue weighted by Crippen LogP contribution is 2.23. The third-order valence-corrected chi connectivity index (χ3v) is 3.72. The third-order valence-electron chi connectivity index (χ3n) is 3.72. The van der Waals surface area contributed by atoms with Crippen LogP contribution in [0.25, 0.3) is 0 Å². The molecule has 0 saturated carbocycles. The van der Waals surface area contributed by atoms with Gasteiger partial charge in [0.1, 0.15) is 0 Å². The number of nitrogens with zero attached hydrogens (tertiary/aromatic N) is 1. The van der Waals surface area contributed by atoms with Gasteiger partial charge >= 0.3 is 0 Å². The quantitative estimate of drug-likeness (QED) is 0.736. The molecule has 92 valence electrons. The predicted octanol–water partition coefficient (Wildman–Crippen LogP) is 2.73. The zero-order valence-corrected chi connectivity index (χ0v) is 11.5.